The van der Waals surface area contributed by atoms with Gasteiger partial charge in [0.2, 0.25) is 0 Å². The van der Waals surface area contributed by atoms with Crippen LogP contribution in [0.4, 0.5) is 14.9 Å². The van der Waals surface area contributed by atoms with Crippen LogP contribution in [0.3, 0.4) is 0 Å². The van der Waals surface area contributed by atoms with E-state index in [4.69, 9.17) is 0 Å². The van der Waals surface area contributed by atoms with Gasteiger partial charge in [0.25, 0.3) is 0 Å². The van der Waals surface area contributed by atoms with Gasteiger partial charge in [-0.05, 0) is 52.3 Å². The molecule has 1 aromatic carbocycles. The third-order valence-electron chi connectivity index (χ3n) is 3.90. The second kappa shape index (κ2) is 5.71. The normalized spacial score (nSPS) is 11.9. The molecular formula is C15H21FN2O3. The molecule has 0 aliphatic carbocycles. The molecule has 116 valence electrons. The Labute approximate surface area is 123 Å². The van der Waals surface area contributed by atoms with E-state index < -0.39 is 28.8 Å². The number of carboxylic acids is 1. The second-order valence-electron chi connectivity index (χ2n) is 6.12. The molecule has 0 heterocycles. The van der Waals surface area contributed by atoms with E-state index in [1.165, 1.54) is 26.0 Å². The van der Waals surface area contributed by atoms with Crippen LogP contribution in [-0.4, -0.2) is 22.6 Å². The molecule has 0 unspecified atom stereocenters. The Bertz CT molecular complexity index is 568. The average Bonchev–Trinajstić information content (AvgIpc) is 2.31. The minimum absolute atomic E-state index is 0.0435. The summed E-state index contributed by atoms with van der Waals surface area (Å²) in [4.78, 5) is 23.2. The van der Waals surface area contributed by atoms with Crippen molar-refractivity contribution < 1.29 is 19.1 Å². The number of hydrogen-bond donors (Lipinski definition) is 3. The standard InChI is InChI=1S/C15H21FN2O3/c1-9-6-7-11(10(16)8-9)17-13(21)18-15(4,5)14(2,3)12(19)20/h6-8H,1-5H3,(H,19,20)(H2,17,18,21). The van der Waals surface area contributed by atoms with E-state index in [0.29, 0.717) is 0 Å². The largest absolute Gasteiger partial charge is 0.481 e. The number of amides is 2. The van der Waals surface area contributed by atoms with Crippen molar-refractivity contribution >= 4 is 17.7 Å². The lowest BCUT2D eigenvalue weighted by Crippen LogP contribution is -2.57. The van der Waals surface area contributed by atoms with E-state index in [1.54, 1.807) is 26.8 Å². The van der Waals surface area contributed by atoms with Crippen molar-refractivity contribution in [3.63, 3.8) is 0 Å². The molecule has 0 atom stereocenters. The summed E-state index contributed by atoms with van der Waals surface area (Å²) >= 11 is 0. The van der Waals surface area contributed by atoms with Crippen LogP contribution in [0.1, 0.15) is 33.3 Å². The van der Waals surface area contributed by atoms with Crippen molar-refractivity contribution in [2.45, 2.75) is 40.2 Å². The summed E-state index contributed by atoms with van der Waals surface area (Å²) in [5.41, 5.74) is -1.42. The van der Waals surface area contributed by atoms with Crippen LogP contribution in [-0.2, 0) is 4.79 Å². The van der Waals surface area contributed by atoms with Gasteiger partial charge in [0, 0.05) is 0 Å². The van der Waals surface area contributed by atoms with Crippen molar-refractivity contribution in [3.8, 4) is 0 Å². The number of aryl methyl sites for hydroxylation is 1. The summed E-state index contributed by atoms with van der Waals surface area (Å²) in [5, 5.41) is 14.2. The Morgan fingerprint density at radius 2 is 1.76 bits per heavy atom. The zero-order valence-electron chi connectivity index (χ0n) is 12.9. The van der Waals surface area contributed by atoms with Gasteiger partial charge in [0.15, 0.2) is 0 Å². The van der Waals surface area contributed by atoms with Crippen LogP contribution >= 0.6 is 0 Å². The zero-order valence-corrected chi connectivity index (χ0v) is 12.9. The van der Waals surface area contributed by atoms with E-state index in [2.05, 4.69) is 10.6 Å². The Morgan fingerprint density at radius 3 is 2.24 bits per heavy atom. The topological polar surface area (TPSA) is 78.4 Å². The maximum absolute atomic E-state index is 13.7. The molecule has 0 aliphatic heterocycles. The lowest BCUT2D eigenvalue weighted by Gasteiger charge is -2.38. The summed E-state index contributed by atoms with van der Waals surface area (Å²) in [6.07, 6.45) is 0. The quantitative estimate of drug-likeness (QED) is 0.798. The first-order chi connectivity index (χ1) is 9.47. The Kier molecular flexibility index (Phi) is 4.61. The van der Waals surface area contributed by atoms with Crippen molar-refractivity contribution in [2.75, 3.05) is 5.32 Å². The number of anilines is 1. The summed E-state index contributed by atoms with van der Waals surface area (Å²) in [6.45, 7) is 7.98. The van der Waals surface area contributed by atoms with Gasteiger partial charge in [-0.15, -0.1) is 0 Å². The molecular weight excluding hydrogens is 275 g/mol. The van der Waals surface area contributed by atoms with E-state index in [0.717, 1.165) is 5.56 Å². The number of aliphatic carboxylic acids is 1. The summed E-state index contributed by atoms with van der Waals surface area (Å²) in [7, 11) is 0. The number of carboxylic acid groups (broad SMARTS) is 1. The maximum Gasteiger partial charge on any atom is 0.319 e. The van der Waals surface area contributed by atoms with Crippen LogP contribution in [0.2, 0.25) is 0 Å². The highest BCUT2D eigenvalue weighted by Gasteiger charge is 2.44. The van der Waals surface area contributed by atoms with Gasteiger partial charge < -0.3 is 15.7 Å². The highest BCUT2D eigenvalue weighted by Crippen LogP contribution is 2.30. The summed E-state index contributed by atoms with van der Waals surface area (Å²) < 4.78 is 13.7. The molecule has 0 radical (unpaired) electrons. The lowest BCUT2D eigenvalue weighted by molar-refractivity contribution is -0.150. The van der Waals surface area contributed by atoms with Gasteiger partial charge >= 0.3 is 12.0 Å². The third-order valence-corrected chi connectivity index (χ3v) is 3.90. The molecule has 0 aliphatic rings. The second-order valence-corrected chi connectivity index (χ2v) is 6.12. The minimum atomic E-state index is -1.18. The molecule has 2 amide bonds. The number of nitrogens with one attached hydrogen (secondary N) is 2. The van der Waals surface area contributed by atoms with Crippen molar-refractivity contribution in [1.29, 1.82) is 0 Å². The molecule has 0 saturated carbocycles. The van der Waals surface area contributed by atoms with Crippen molar-refractivity contribution in [1.82, 2.24) is 5.32 Å². The highest BCUT2D eigenvalue weighted by atomic mass is 19.1. The summed E-state index contributed by atoms with van der Waals surface area (Å²) in [5.74, 6) is -1.57. The van der Waals surface area contributed by atoms with Gasteiger partial charge in [0.05, 0.1) is 16.6 Å². The minimum Gasteiger partial charge on any atom is -0.481 e. The predicted molar refractivity (Wildman–Crippen MR) is 78.8 cm³/mol. The molecule has 6 heteroatoms. The van der Waals surface area contributed by atoms with Crippen LogP contribution < -0.4 is 10.6 Å². The monoisotopic (exact) mass is 296 g/mol. The lowest BCUT2D eigenvalue weighted by atomic mass is 9.74. The first-order valence-electron chi connectivity index (χ1n) is 6.56. The number of carbonyl (C=O) groups is 2. The molecule has 0 spiro atoms. The Hall–Kier alpha value is -2.11. The van der Waals surface area contributed by atoms with Crippen LogP contribution in [0.5, 0.6) is 0 Å². The fourth-order valence-corrected chi connectivity index (χ4v) is 1.58. The molecule has 0 aromatic heterocycles. The number of carbonyl (C=O) groups excluding carboxylic acids is 1. The fourth-order valence-electron chi connectivity index (χ4n) is 1.58. The van der Waals surface area contributed by atoms with Crippen molar-refractivity contribution in [3.05, 3.63) is 29.6 Å². The van der Waals surface area contributed by atoms with Crippen LogP contribution in [0.15, 0.2) is 18.2 Å². The molecule has 5 nitrogen and oxygen atoms in total. The number of rotatable bonds is 4. The van der Waals surface area contributed by atoms with Crippen LogP contribution in [0, 0.1) is 18.2 Å². The maximum atomic E-state index is 13.7. The molecule has 0 bridgehead atoms. The van der Waals surface area contributed by atoms with Crippen molar-refractivity contribution in [2.24, 2.45) is 5.41 Å². The highest BCUT2D eigenvalue weighted by molar-refractivity contribution is 5.90. The predicted octanol–water partition coefficient (Wildman–Crippen LogP) is 3.15. The van der Waals surface area contributed by atoms with E-state index >= 15 is 0 Å². The molecule has 3 N–H and O–H groups in total. The van der Waals surface area contributed by atoms with E-state index in [9.17, 15) is 19.1 Å². The smallest absolute Gasteiger partial charge is 0.319 e. The number of halogens is 1. The van der Waals surface area contributed by atoms with Gasteiger partial charge in [0.1, 0.15) is 5.82 Å². The molecule has 21 heavy (non-hydrogen) atoms. The molecule has 0 fully saturated rings. The SMILES string of the molecule is Cc1ccc(NC(=O)NC(C)(C)C(C)(C)C(=O)O)c(F)c1. The van der Waals surface area contributed by atoms with E-state index in [-0.39, 0.29) is 5.69 Å². The number of benzene rings is 1. The van der Waals surface area contributed by atoms with Crippen LogP contribution in [0.25, 0.3) is 0 Å². The fraction of sp³-hybridized carbons (Fsp3) is 0.467. The van der Waals surface area contributed by atoms with Gasteiger partial charge in [-0.1, -0.05) is 6.07 Å². The zero-order chi connectivity index (χ0) is 16.4. The Balaban J connectivity index is 2.84. The van der Waals surface area contributed by atoms with E-state index in [1.807, 2.05) is 0 Å². The number of hydrogen-bond acceptors (Lipinski definition) is 2. The molecule has 0 saturated heterocycles. The first-order valence-corrected chi connectivity index (χ1v) is 6.56. The number of urea groups is 1. The Morgan fingerprint density at radius 1 is 1.19 bits per heavy atom. The van der Waals surface area contributed by atoms with Gasteiger partial charge in [-0.25, -0.2) is 9.18 Å². The van der Waals surface area contributed by atoms with Gasteiger partial charge in [-0.2, -0.15) is 0 Å². The first kappa shape index (κ1) is 16.9. The molecule has 1 rings (SSSR count). The molecule has 1 aromatic rings. The average molecular weight is 296 g/mol. The summed E-state index contributed by atoms with van der Waals surface area (Å²) in [6, 6.07) is 3.78. The third kappa shape index (κ3) is 3.71. The van der Waals surface area contributed by atoms with Gasteiger partial charge in [-0.3, -0.25) is 4.79 Å².